The van der Waals surface area contributed by atoms with E-state index in [0.717, 1.165) is 31.2 Å². The predicted octanol–water partition coefficient (Wildman–Crippen LogP) is 5.35. The predicted molar refractivity (Wildman–Crippen MR) is 127 cm³/mol. The highest BCUT2D eigenvalue weighted by molar-refractivity contribution is 7.99. The van der Waals surface area contributed by atoms with Gasteiger partial charge in [-0.3, -0.25) is 4.79 Å². The van der Waals surface area contributed by atoms with Gasteiger partial charge in [-0.05, 0) is 42.7 Å². The normalized spacial score (nSPS) is 14.1. The molecule has 1 aromatic heterocycles. The Kier molecular flexibility index (Phi) is 8.05. The highest BCUT2D eigenvalue weighted by Gasteiger charge is 2.26. The molecule has 2 aromatic carbocycles. The number of amides is 1. The minimum Gasteiger partial charge on any atom is -0.497 e. The van der Waals surface area contributed by atoms with Crippen LogP contribution in [0.25, 0.3) is 11.5 Å². The van der Waals surface area contributed by atoms with Crippen LogP contribution in [0.1, 0.15) is 37.7 Å². The molecule has 0 N–H and O–H groups in total. The van der Waals surface area contributed by atoms with Crippen LogP contribution in [0.15, 0.2) is 52.1 Å². The van der Waals surface area contributed by atoms with Gasteiger partial charge in [0.15, 0.2) is 0 Å². The van der Waals surface area contributed by atoms with Gasteiger partial charge in [-0.2, -0.15) is 0 Å². The molecule has 1 heterocycles. The number of hydrogen-bond donors (Lipinski definition) is 0. The van der Waals surface area contributed by atoms with Crippen molar-refractivity contribution in [1.29, 1.82) is 0 Å². The van der Waals surface area contributed by atoms with Crippen molar-refractivity contribution >= 4 is 17.7 Å². The quantitative estimate of drug-likeness (QED) is 0.378. The average Bonchev–Trinajstić information content (AvgIpc) is 3.36. The van der Waals surface area contributed by atoms with Crippen molar-refractivity contribution in [3.05, 3.63) is 53.8 Å². The lowest BCUT2D eigenvalue weighted by Crippen LogP contribution is -2.41. The Morgan fingerprint density at radius 1 is 1.06 bits per heavy atom. The topological polar surface area (TPSA) is 77.7 Å². The molecule has 1 amide bonds. The molecular formula is C25H28FN3O4S. The van der Waals surface area contributed by atoms with Gasteiger partial charge in [-0.25, -0.2) is 4.39 Å². The highest BCUT2D eigenvalue weighted by atomic mass is 32.2. The van der Waals surface area contributed by atoms with Crippen molar-refractivity contribution in [2.45, 2.75) is 49.9 Å². The molecule has 0 bridgehead atoms. The van der Waals surface area contributed by atoms with Gasteiger partial charge in [0.1, 0.15) is 17.3 Å². The Morgan fingerprint density at radius 2 is 1.74 bits per heavy atom. The van der Waals surface area contributed by atoms with Crippen molar-refractivity contribution in [2.75, 3.05) is 20.0 Å². The number of rotatable bonds is 9. The zero-order valence-electron chi connectivity index (χ0n) is 19.3. The molecule has 0 aliphatic heterocycles. The Bertz CT molecular complexity index is 1080. The molecule has 0 spiro atoms. The van der Waals surface area contributed by atoms with Crippen LogP contribution in [0, 0.1) is 5.82 Å². The summed E-state index contributed by atoms with van der Waals surface area (Å²) in [6, 6.07) is 11.8. The van der Waals surface area contributed by atoms with Crippen LogP contribution >= 0.6 is 11.8 Å². The standard InChI is InChI=1S/C25H28FN3O4S/c1-31-21-12-18(13-22(14-21)32-2)24-27-28-25(33-24)34-16-23(30)29(20-6-4-3-5-7-20)15-17-8-10-19(26)11-9-17/h8-14,20H,3-7,15-16H2,1-2H3. The van der Waals surface area contributed by atoms with Crippen molar-refractivity contribution in [1.82, 2.24) is 15.1 Å². The summed E-state index contributed by atoms with van der Waals surface area (Å²) in [5.74, 6) is 1.45. The van der Waals surface area contributed by atoms with Gasteiger partial charge in [-0.15, -0.1) is 10.2 Å². The molecule has 0 radical (unpaired) electrons. The first-order valence-corrected chi connectivity index (χ1v) is 12.3. The molecule has 9 heteroatoms. The third-order valence-electron chi connectivity index (χ3n) is 5.93. The number of halogens is 1. The molecule has 180 valence electrons. The molecule has 34 heavy (non-hydrogen) atoms. The number of nitrogens with zero attached hydrogens (tertiary/aromatic N) is 3. The van der Waals surface area contributed by atoms with Gasteiger partial charge in [0, 0.05) is 24.2 Å². The van der Waals surface area contributed by atoms with E-state index in [-0.39, 0.29) is 23.5 Å². The summed E-state index contributed by atoms with van der Waals surface area (Å²) in [5.41, 5.74) is 1.58. The van der Waals surface area contributed by atoms with Gasteiger partial charge in [-0.1, -0.05) is 43.2 Å². The minimum atomic E-state index is -0.282. The molecule has 7 nitrogen and oxygen atoms in total. The second-order valence-electron chi connectivity index (χ2n) is 8.20. The number of hydrogen-bond acceptors (Lipinski definition) is 7. The molecule has 1 saturated carbocycles. The maximum absolute atomic E-state index is 13.3. The molecule has 1 fully saturated rings. The van der Waals surface area contributed by atoms with Crippen LogP contribution in [0.2, 0.25) is 0 Å². The van der Waals surface area contributed by atoms with Crippen LogP contribution in [-0.2, 0) is 11.3 Å². The smallest absolute Gasteiger partial charge is 0.277 e. The van der Waals surface area contributed by atoms with E-state index < -0.39 is 0 Å². The molecule has 1 aliphatic carbocycles. The maximum atomic E-state index is 13.3. The molecule has 3 aromatic rings. The van der Waals surface area contributed by atoms with Crippen molar-refractivity contribution < 1.29 is 23.1 Å². The van der Waals surface area contributed by atoms with E-state index in [0.29, 0.717) is 34.7 Å². The lowest BCUT2D eigenvalue weighted by molar-refractivity contribution is -0.132. The van der Waals surface area contributed by atoms with Gasteiger partial charge < -0.3 is 18.8 Å². The summed E-state index contributed by atoms with van der Waals surface area (Å²) in [5, 5.41) is 8.53. The molecule has 0 saturated heterocycles. The number of carbonyl (C=O) groups excluding carboxylic acids is 1. The zero-order chi connectivity index (χ0) is 23.9. The van der Waals surface area contributed by atoms with E-state index in [9.17, 15) is 9.18 Å². The van der Waals surface area contributed by atoms with E-state index in [2.05, 4.69) is 10.2 Å². The second kappa shape index (κ2) is 11.4. The maximum Gasteiger partial charge on any atom is 0.277 e. The van der Waals surface area contributed by atoms with Gasteiger partial charge in [0.25, 0.3) is 5.22 Å². The van der Waals surface area contributed by atoms with E-state index in [4.69, 9.17) is 13.9 Å². The molecule has 4 rings (SSSR count). The third-order valence-corrected chi connectivity index (χ3v) is 6.73. The van der Waals surface area contributed by atoms with Gasteiger partial charge in [0.05, 0.1) is 20.0 Å². The SMILES string of the molecule is COc1cc(OC)cc(-c2nnc(SCC(=O)N(Cc3ccc(F)cc3)C3CCCCC3)o2)c1. The molecule has 1 aliphatic rings. The number of aromatic nitrogens is 2. The fourth-order valence-electron chi connectivity index (χ4n) is 4.12. The third kappa shape index (κ3) is 6.08. The summed E-state index contributed by atoms with van der Waals surface area (Å²) in [4.78, 5) is 15.2. The zero-order valence-corrected chi connectivity index (χ0v) is 20.1. The first-order chi connectivity index (χ1) is 16.6. The summed E-state index contributed by atoms with van der Waals surface area (Å²) in [6.45, 7) is 0.461. The fraction of sp³-hybridized carbons (Fsp3) is 0.400. The Labute approximate surface area is 202 Å². The highest BCUT2D eigenvalue weighted by Crippen LogP contribution is 2.31. The van der Waals surface area contributed by atoms with E-state index in [1.54, 1.807) is 44.6 Å². The van der Waals surface area contributed by atoms with Crippen molar-refractivity contribution in [3.63, 3.8) is 0 Å². The monoisotopic (exact) mass is 485 g/mol. The summed E-state index contributed by atoms with van der Waals surface area (Å²) in [6.07, 6.45) is 5.40. The fourth-order valence-corrected chi connectivity index (χ4v) is 4.77. The molecular weight excluding hydrogens is 457 g/mol. The van der Waals surface area contributed by atoms with Crippen molar-refractivity contribution in [2.24, 2.45) is 0 Å². The Morgan fingerprint density at radius 3 is 2.38 bits per heavy atom. The van der Waals surface area contributed by atoms with E-state index >= 15 is 0 Å². The number of carbonyl (C=O) groups is 1. The van der Waals surface area contributed by atoms with Gasteiger partial charge in [0.2, 0.25) is 11.8 Å². The Balaban J connectivity index is 1.44. The average molecular weight is 486 g/mol. The summed E-state index contributed by atoms with van der Waals surface area (Å²) in [7, 11) is 3.15. The summed E-state index contributed by atoms with van der Waals surface area (Å²) < 4.78 is 29.7. The van der Waals surface area contributed by atoms with Gasteiger partial charge >= 0.3 is 0 Å². The van der Waals surface area contributed by atoms with Crippen LogP contribution in [0.3, 0.4) is 0 Å². The second-order valence-corrected chi connectivity index (χ2v) is 9.13. The van der Waals surface area contributed by atoms with Crippen LogP contribution in [0.5, 0.6) is 11.5 Å². The minimum absolute atomic E-state index is 0.00373. The van der Waals surface area contributed by atoms with Crippen LogP contribution < -0.4 is 9.47 Å². The Hall–Kier alpha value is -3.07. The number of thioether (sulfide) groups is 1. The van der Waals surface area contributed by atoms with E-state index in [1.807, 2.05) is 4.90 Å². The number of ether oxygens (including phenoxy) is 2. The molecule has 0 unspecified atom stereocenters. The molecule has 0 atom stereocenters. The largest absolute Gasteiger partial charge is 0.497 e. The first-order valence-electron chi connectivity index (χ1n) is 11.3. The lowest BCUT2D eigenvalue weighted by atomic mass is 9.94. The number of methoxy groups -OCH3 is 2. The summed E-state index contributed by atoms with van der Waals surface area (Å²) >= 11 is 1.22. The number of benzene rings is 2. The van der Waals surface area contributed by atoms with Crippen LogP contribution in [0.4, 0.5) is 4.39 Å². The van der Waals surface area contributed by atoms with E-state index in [1.165, 1.54) is 30.3 Å². The van der Waals surface area contributed by atoms with Crippen molar-refractivity contribution in [3.8, 4) is 23.0 Å². The lowest BCUT2D eigenvalue weighted by Gasteiger charge is -2.34. The van der Waals surface area contributed by atoms with Crippen LogP contribution in [-0.4, -0.2) is 47.0 Å². The first kappa shape index (κ1) is 24.1.